The van der Waals surface area contributed by atoms with Gasteiger partial charge in [0, 0.05) is 12.6 Å². The zero-order valence-corrected chi connectivity index (χ0v) is 12.8. The number of hydrogen-bond acceptors (Lipinski definition) is 2. The van der Waals surface area contributed by atoms with Gasteiger partial charge in [-0.15, -0.1) is 0 Å². The van der Waals surface area contributed by atoms with Crippen molar-refractivity contribution in [1.82, 2.24) is 4.31 Å². The van der Waals surface area contributed by atoms with Crippen molar-refractivity contribution in [2.24, 2.45) is 0 Å². The topological polar surface area (TPSA) is 37.4 Å². The number of nitrogens with zero attached hydrogens (tertiary/aromatic N) is 1. The van der Waals surface area contributed by atoms with Crippen molar-refractivity contribution in [3.8, 4) is 0 Å². The van der Waals surface area contributed by atoms with E-state index in [1.54, 1.807) is 6.92 Å². The van der Waals surface area contributed by atoms with E-state index in [4.69, 9.17) is 0 Å². The van der Waals surface area contributed by atoms with Crippen LogP contribution in [-0.2, 0) is 16.2 Å². The lowest BCUT2D eigenvalue weighted by atomic mass is 10.1. The van der Waals surface area contributed by atoms with E-state index in [-0.39, 0.29) is 12.6 Å². The van der Waals surface area contributed by atoms with Gasteiger partial charge in [-0.05, 0) is 38.8 Å². The Hall–Kier alpha value is -1.08. The quantitative estimate of drug-likeness (QED) is 0.835. The number of aryl methyl sites for hydroxylation is 1. The minimum Gasteiger partial charge on any atom is -0.207 e. The van der Waals surface area contributed by atoms with Gasteiger partial charge < -0.3 is 0 Å². The molecule has 1 unspecified atom stereocenters. The Morgan fingerprint density at radius 3 is 2.48 bits per heavy atom. The molecule has 0 radical (unpaired) electrons. The summed E-state index contributed by atoms with van der Waals surface area (Å²) in [5, 5.41) is 0. The van der Waals surface area contributed by atoms with Gasteiger partial charge in [-0.25, -0.2) is 8.42 Å². The average molecular weight is 321 g/mol. The third-order valence-electron chi connectivity index (χ3n) is 3.77. The van der Waals surface area contributed by atoms with Crippen LogP contribution < -0.4 is 0 Å². The Labute approximate surface area is 122 Å². The predicted molar refractivity (Wildman–Crippen MR) is 73.4 cm³/mol. The first-order valence-corrected chi connectivity index (χ1v) is 8.28. The molecule has 1 heterocycles. The third kappa shape index (κ3) is 3.23. The predicted octanol–water partition coefficient (Wildman–Crippen LogP) is 3.58. The monoisotopic (exact) mass is 321 g/mol. The molecule has 1 aromatic rings. The minimum absolute atomic E-state index is 0.272. The number of hydrogen-bond donors (Lipinski definition) is 0. The zero-order valence-electron chi connectivity index (χ0n) is 11.9. The molecule has 1 aliphatic heterocycles. The lowest BCUT2D eigenvalue weighted by molar-refractivity contribution is -0.140. The number of sulfonamides is 1. The second-order valence-electron chi connectivity index (χ2n) is 5.46. The van der Waals surface area contributed by atoms with Gasteiger partial charge in [-0.3, -0.25) is 0 Å². The van der Waals surface area contributed by atoms with Crippen LogP contribution in [0.1, 0.15) is 37.3 Å². The van der Waals surface area contributed by atoms with Crippen LogP contribution in [0.25, 0.3) is 0 Å². The SMILES string of the molecule is Cc1ccc(S(=O)(=O)N2CCCCC2C)c(C(F)(F)F)c1. The fourth-order valence-electron chi connectivity index (χ4n) is 2.65. The largest absolute Gasteiger partial charge is 0.417 e. The molecular formula is C14H18F3NO2S. The Morgan fingerprint density at radius 2 is 1.90 bits per heavy atom. The standard InChI is InChI=1S/C14H18F3NO2S/c1-10-6-7-13(12(9-10)14(15,16)17)21(19,20)18-8-4-3-5-11(18)2/h6-7,9,11H,3-5,8H2,1-2H3. The summed E-state index contributed by atoms with van der Waals surface area (Å²) < 4.78 is 65.8. The smallest absolute Gasteiger partial charge is 0.207 e. The summed E-state index contributed by atoms with van der Waals surface area (Å²) in [6.45, 7) is 3.52. The molecule has 7 heteroatoms. The van der Waals surface area contributed by atoms with Crippen molar-refractivity contribution in [3.05, 3.63) is 29.3 Å². The maximum atomic E-state index is 13.1. The molecule has 0 N–H and O–H groups in total. The van der Waals surface area contributed by atoms with E-state index in [1.165, 1.54) is 17.3 Å². The lowest BCUT2D eigenvalue weighted by Crippen LogP contribution is -2.42. The Kier molecular flexibility index (Phi) is 4.35. The summed E-state index contributed by atoms with van der Waals surface area (Å²) in [6.07, 6.45) is -2.44. The van der Waals surface area contributed by atoms with Crippen LogP contribution in [0.15, 0.2) is 23.1 Å². The average Bonchev–Trinajstić information content (AvgIpc) is 2.37. The Bertz CT molecular complexity index is 626. The molecule has 3 nitrogen and oxygen atoms in total. The molecule has 2 rings (SSSR count). The highest BCUT2D eigenvalue weighted by Crippen LogP contribution is 2.37. The molecule has 1 aromatic carbocycles. The highest BCUT2D eigenvalue weighted by molar-refractivity contribution is 7.89. The van der Waals surface area contributed by atoms with Crippen molar-refractivity contribution in [2.45, 2.75) is 50.2 Å². The summed E-state index contributed by atoms with van der Waals surface area (Å²) in [7, 11) is -4.13. The minimum atomic E-state index is -4.69. The van der Waals surface area contributed by atoms with E-state index < -0.39 is 26.7 Å². The maximum absolute atomic E-state index is 13.1. The van der Waals surface area contributed by atoms with E-state index in [9.17, 15) is 21.6 Å². The van der Waals surface area contributed by atoms with Crippen molar-refractivity contribution in [3.63, 3.8) is 0 Å². The summed E-state index contributed by atoms with van der Waals surface area (Å²) in [5.41, 5.74) is -0.701. The van der Waals surface area contributed by atoms with Crippen molar-refractivity contribution in [1.29, 1.82) is 0 Å². The second-order valence-corrected chi connectivity index (χ2v) is 7.32. The van der Waals surface area contributed by atoms with Crippen LogP contribution in [0.3, 0.4) is 0 Å². The van der Waals surface area contributed by atoms with Crippen LogP contribution in [0.4, 0.5) is 13.2 Å². The summed E-state index contributed by atoms with van der Waals surface area (Å²) in [5.74, 6) is 0. The first kappa shape index (κ1) is 16.3. The molecule has 0 spiro atoms. The first-order chi connectivity index (χ1) is 9.64. The highest BCUT2D eigenvalue weighted by Gasteiger charge is 2.40. The number of benzene rings is 1. The van der Waals surface area contributed by atoms with Gasteiger partial charge in [0.1, 0.15) is 0 Å². The molecule has 0 aliphatic carbocycles. The van der Waals surface area contributed by atoms with Gasteiger partial charge in [0.2, 0.25) is 10.0 Å². The van der Waals surface area contributed by atoms with Crippen molar-refractivity contribution >= 4 is 10.0 Å². The van der Waals surface area contributed by atoms with Crippen LogP contribution in [0.2, 0.25) is 0 Å². The number of rotatable bonds is 2. The van der Waals surface area contributed by atoms with Gasteiger partial charge in [-0.2, -0.15) is 17.5 Å². The second kappa shape index (κ2) is 5.61. The van der Waals surface area contributed by atoms with Crippen LogP contribution in [0, 0.1) is 6.92 Å². The molecule has 0 bridgehead atoms. The zero-order chi connectivity index (χ0) is 15.8. The fraction of sp³-hybridized carbons (Fsp3) is 0.571. The van der Waals surface area contributed by atoms with E-state index in [1.807, 2.05) is 0 Å². The molecule has 1 aliphatic rings. The van der Waals surface area contributed by atoms with Crippen molar-refractivity contribution in [2.75, 3.05) is 6.54 Å². The summed E-state index contributed by atoms with van der Waals surface area (Å²) in [6, 6.07) is 3.08. The van der Waals surface area contributed by atoms with E-state index in [0.717, 1.165) is 18.6 Å². The molecule has 0 aromatic heterocycles. The van der Waals surface area contributed by atoms with Crippen LogP contribution in [0.5, 0.6) is 0 Å². The molecule has 1 atom stereocenters. The molecule has 21 heavy (non-hydrogen) atoms. The Balaban J connectivity index is 2.54. The number of alkyl halides is 3. The summed E-state index contributed by atoms with van der Waals surface area (Å²) in [4.78, 5) is -0.644. The van der Waals surface area contributed by atoms with Gasteiger partial charge in [0.25, 0.3) is 0 Å². The molecule has 1 fully saturated rings. The van der Waals surface area contributed by atoms with E-state index in [2.05, 4.69) is 0 Å². The highest BCUT2D eigenvalue weighted by atomic mass is 32.2. The van der Waals surface area contributed by atoms with Gasteiger partial charge in [-0.1, -0.05) is 18.1 Å². The number of halogens is 3. The molecule has 118 valence electrons. The molecule has 1 saturated heterocycles. The normalized spacial score (nSPS) is 21.5. The number of piperidine rings is 1. The molecule has 0 saturated carbocycles. The van der Waals surface area contributed by atoms with Gasteiger partial charge >= 0.3 is 6.18 Å². The Morgan fingerprint density at radius 1 is 1.24 bits per heavy atom. The fourth-order valence-corrected chi connectivity index (χ4v) is 4.54. The van der Waals surface area contributed by atoms with E-state index >= 15 is 0 Å². The van der Waals surface area contributed by atoms with Gasteiger partial charge in [0.15, 0.2) is 0 Å². The molecular weight excluding hydrogens is 303 g/mol. The van der Waals surface area contributed by atoms with Crippen LogP contribution >= 0.6 is 0 Å². The maximum Gasteiger partial charge on any atom is 0.417 e. The first-order valence-electron chi connectivity index (χ1n) is 6.84. The lowest BCUT2D eigenvalue weighted by Gasteiger charge is -2.33. The van der Waals surface area contributed by atoms with Crippen molar-refractivity contribution < 1.29 is 21.6 Å². The van der Waals surface area contributed by atoms with Crippen LogP contribution in [-0.4, -0.2) is 25.3 Å². The van der Waals surface area contributed by atoms with Gasteiger partial charge in [0.05, 0.1) is 10.5 Å². The summed E-state index contributed by atoms with van der Waals surface area (Å²) >= 11 is 0. The third-order valence-corrected chi connectivity index (χ3v) is 5.84. The molecule has 0 amide bonds. The van der Waals surface area contributed by atoms with E-state index in [0.29, 0.717) is 18.4 Å².